The number of phenolic OH excluding ortho intramolecular Hbond substituents is 2. The monoisotopic (exact) mass is 677 g/mol. The summed E-state index contributed by atoms with van der Waals surface area (Å²) in [5, 5.41) is 20.1. The highest BCUT2D eigenvalue weighted by atomic mass is 32.2. The van der Waals surface area contributed by atoms with Crippen molar-refractivity contribution in [3.05, 3.63) is 58.9 Å². The molecule has 0 fully saturated rings. The number of rotatable bonds is 18. The molecule has 46 heavy (non-hydrogen) atoms. The third kappa shape index (κ3) is 11.5. The molecular weight excluding hydrogens is 632 g/mol. The number of sulfone groups is 1. The Morgan fingerprint density at radius 2 is 1.46 bits per heavy atom. The molecule has 1 aliphatic rings. The summed E-state index contributed by atoms with van der Waals surface area (Å²) in [5.41, 5.74) is 5.23. The molecule has 12 heteroatoms. The maximum Gasteiger partial charge on any atom is 0.453 e. The molecule has 0 saturated heterocycles. The molecule has 0 amide bonds. The minimum Gasteiger partial charge on any atom is -0.508 e. The van der Waals surface area contributed by atoms with E-state index in [0.29, 0.717) is 12.8 Å². The largest absolute Gasteiger partial charge is 0.508 e. The first-order valence-electron chi connectivity index (χ1n) is 16.0. The molecule has 0 spiro atoms. The quantitative estimate of drug-likeness (QED) is 0.122. The molecule has 258 valence electrons. The van der Waals surface area contributed by atoms with Gasteiger partial charge < -0.3 is 15.1 Å². The van der Waals surface area contributed by atoms with Gasteiger partial charge in [-0.15, -0.1) is 0 Å². The third-order valence-corrected chi connectivity index (χ3v) is 10.3. The smallest absolute Gasteiger partial charge is 0.453 e. The van der Waals surface area contributed by atoms with Crippen LogP contribution in [0.2, 0.25) is 0 Å². The number of aromatic hydroxyl groups is 2. The van der Waals surface area contributed by atoms with Crippen LogP contribution in [0.5, 0.6) is 11.5 Å². The number of alkyl halides is 5. The van der Waals surface area contributed by atoms with Gasteiger partial charge in [0.2, 0.25) is 0 Å². The Kier molecular flexibility index (Phi) is 13.9. The number of fused-ring (bicyclic) bond motifs is 1. The van der Waals surface area contributed by atoms with E-state index in [9.17, 15) is 45.0 Å². The standard InChI is InChI=1S/C34H45F6NO4S/c1-41(20-7-4-8-21-46(44,45)22-10-18-33(36,37)34(38,39)40)19-6-3-2-5-12-30-28(26-14-17-31(35)32(43)24-26)13-9-11-25-23-27(42)15-16-29(25)30/h14-17,23-24,42-43H,2-13,18-22H2,1H3. The number of halogens is 6. The zero-order valence-electron chi connectivity index (χ0n) is 26.3. The van der Waals surface area contributed by atoms with Crippen LogP contribution in [-0.2, 0) is 16.3 Å². The van der Waals surface area contributed by atoms with Crippen LogP contribution in [0.3, 0.4) is 0 Å². The molecule has 0 bridgehead atoms. The van der Waals surface area contributed by atoms with E-state index in [2.05, 4.69) is 4.90 Å². The summed E-state index contributed by atoms with van der Waals surface area (Å²) >= 11 is 0. The van der Waals surface area contributed by atoms with Crippen LogP contribution in [0.1, 0.15) is 93.7 Å². The van der Waals surface area contributed by atoms with E-state index in [-0.39, 0.29) is 17.3 Å². The number of nitrogens with zero attached hydrogens (tertiary/aromatic N) is 1. The van der Waals surface area contributed by atoms with Crippen LogP contribution < -0.4 is 0 Å². The molecule has 2 aromatic carbocycles. The lowest BCUT2D eigenvalue weighted by Crippen LogP contribution is -2.36. The molecule has 0 aromatic heterocycles. The SMILES string of the molecule is CN(CCCCCCC1=C(c2ccc(F)c(O)c2)CCCc2cc(O)ccc21)CCCCCS(=O)(=O)CCCC(F)(F)C(F)(F)F. The van der Waals surface area contributed by atoms with E-state index in [0.717, 1.165) is 98.7 Å². The second-order valence-corrected chi connectivity index (χ2v) is 14.6. The number of allylic oxidation sites excluding steroid dienone is 2. The fourth-order valence-electron chi connectivity index (χ4n) is 5.94. The number of unbranched alkanes of at least 4 members (excludes halogenated alkanes) is 5. The van der Waals surface area contributed by atoms with Crippen molar-refractivity contribution in [3.8, 4) is 11.5 Å². The second kappa shape index (κ2) is 16.9. The van der Waals surface area contributed by atoms with Crippen LogP contribution >= 0.6 is 0 Å². The van der Waals surface area contributed by atoms with Crippen molar-refractivity contribution in [1.82, 2.24) is 4.90 Å². The highest BCUT2D eigenvalue weighted by molar-refractivity contribution is 7.91. The first-order valence-corrected chi connectivity index (χ1v) is 17.8. The van der Waals surface area contributed by atoms with E-state index >= 15 is 0 Å². The van der Waals surface area contributed by atoms with Crippen molar-refractivity contribution in [3.63, 3.8) is 0 Å². The van der Waals surface area contributed by atoms with E-state index in [1.54, 1.807) is 12.1 Å². The van der Waals surface area contributed by atoms with Crippen LogP contribution in [0.15, 0.2) is 36.4 Å². The summed E-state index contributed by atoms with van der Waals surface area (Å²) in [6, 6.07) is 9.91. The van der Waals surface area contributed by atoms with Crippen molar-refractivity contribution in [2.45, 2.75) is 95.6 Å². The number of hydrogen-bond donors (Lipinski definition) is 2. The van der Waals surface area contributed by atoms with Gasteiger partial charge in [0.1, 0.15) is 15.6 Å². The Morgan fingerprint density at radius 1 is 0.804 bits per heavy atom. The summed E-state index contributed by atoms with van der Waals surface area (Å²) in [7, 11) is -1.69. The first kappa shape index (κ1) is 37.7. The zero-order chi connectivity index (χ0) is 34.0. The molecule has 5 nitrogen and oxygen atoms in total. The molecule has 0 saturated carbocycles. The molecule has 0 radical (unpaired) electrons. The van der Waals surface area contributed by atoms with Gasteiger partial charge in [0, 0.05) is 6.42 Å². The molecule has 0 unspecified atom stereocenters. The summed E-state index contributed by atoms with van der Waals surface area (Å²) in [6.07, 6.45) is 1.01. The van der Waals surface area contributed by atoms with Gasteiger partial charge in [0.05, 0.1) is 11.5 Å². The molecular formula is C34H45F6NO4S. The first-order chi connectivity index (χ1) is 21.6. The summed E-state index contributed by atoms with van der Waals surface area (Å²) in [6.45, 7) is 1.64. The normalized spacial score (nSPS) is 14.5. The Labute approximate surface area is 268 Å². The summed E-state index contributed by atoms with van der Waals surface area (Å²) in [5.74, 6) is -6.58. The molecule has 1 aliphatic carbocycles. The van der Waals surface area contributed by atoms with E-state index in [4.69, 9.17) is 0 Å². The van der Waals surface area contributed by atoms with Crippen LogP contribution in [-0.4, -0.2) is 67.3 Å². The molecule has 2 aromatic rings. The van der Waals surface area contributed by atoms with Gasteiger partial charge in [0.25, 0.3) is 0 Å². The fraction of sp³-hybridized carbons (Fsp3) is 0.588. The number of hydrogen-bond acceptors (Lipinski definition) is 5. The number of aryl methyl sites for hydroxylation is 1. The van der Waals surface area contributed by atoms with Gasteiger partial charge in [0.15, 0.2) is 11.6 Å². The number of phenols is 2. The second-order valence-electron chi connectivity index (χ2n) is 12.3. The van der Waals surface area contributed by atoms with Gasteiger partial charge in [-0.1, -0.05) is 31.4 Å². The van der Waals surface area contributed by atoms with Crippen molar-refractivity contribution < 1.29 is 45.0 Å². The highest BCUT2D eigenvalue weighted by Crippen LogP contribution is 2.41. The van der Waals surface area contributed by atoms with E-state index in [1.165, 1.54) is 12.1 Å². The average Bonchev–Trinajstić information content (AvgIpc) is 3.14. The minimum absolute atomic E-state index is 0.222. The summed E-state index contributed by atoms with van der Waals surface area (Å²) < 4.78 is 100. The number of benzene rings is 2. The lowest BCUT2D eigenvalue weighted by atomic mass is 9.89. The van der Waals surface area contributed by atoms with Crippen LogP contribution in [0.4, 0.5) is 26.3 Å². The predicted octanol–water partition coefficient (Wildman–Crippen LogP) is 8.93. The van der Waals surface area contributed by atoms with Crippen molar-refractivity contribution in [2.75, 3.05) is 31.6 Å². The Hall–Kier alpha value is -2.73. The van der Waals surface area contributed by atoms with Gasteiger partial charge in [-0.3, -0.25) is 0 Å². The summed E-state index contributed by atoms with van der Waals surface area (Å²) in [4.78, 5) is 2.17. The predicted molar refractivity (Wildman–Crippen MR) is 169 cm³/mol. The Morgan fingerprint density at radius 3 is 2.13 bits per heavy atom. The van der Waals surface area contributed by atoms with E-state index in [1.807, 2.05) is 19.2 Å². The minimum atomic E-state index is -5.67. The van der Waals surface area contributed by atoms with Crippen LogP contribution in [0, 0.1) is 5.82 Å². The molecule has 0 heterocycles. The van der Waals surface area contributed by atoms with Gasteiger partial charge in [-0.2, -0.15) is 22.0 Å². The van der Waals surface area contributed by atoms with E-state index < -0.39 is 46.3 Å². The fourth-order valence-corrected chi connectivity index (χ4v) is 7.37. The highest BCUT2D eigenvalue weighted by Gasteiger charge is 2.56. The molecule has 3 rings (SSSR count). The van der Waals surface area contributed by atoms with Crippen molar-refractivity contribution in [1.29, 1.82) is 0 Å². The average molecular weight is 678 g/mol. The zero-order valence-corrected chi connectivity index (χ0v) is 27.1. The van der Waals surface area contributed by atoms with Gasteiger partial charge in [-0.25, -0.2) is 12.8 Å². The van der Waals surface area contributed by atoms with Crippen molar-refractivity contribution in [2.24, 2.45) is 0 Å². The lowest BCUT2D eigenvalue weighted by Gasteiger charge is -2.19. The molecule has 2 N–H and O–H groups in total. The van der Waals surface area contributed by atoms with Gasteiger partial charge in [-0.05, 0) is 130 Å². The molecule has 0 aliphatic heterocycles. The maximum atomic E-state index is 13.8. The Balaban J connectivity index is 1.38. The Bertz CT molecular complexity index is 1430. The molecule has 0 atom stereocenters. The lowest BCUT2D eigenvalue weighted by molar-refractivity contribution is -0.284. The third-order valence-electron chi connectivity index (χ3n) is 8.52. The topological polar surface area (TPSA) is 77.8 Å². The maximum absolute atomic E-state index is 13.8. The van der Waals surface area contributed by atoms with Crippen molar-refractivity contribution >= 4 is 21.0 Å². The van der Waals surface area contributed by atoms with Gasteiger partial charge >= 0.3 is 12.1 Å². The van der Waals surface area contributed by atoms with Crippen LogP contribution in [0.25, 0.3) is 11.1 Å².